The molecule has 1 aliphatic rings. The second-order valence-corrected chi connectivity index (χ2v) is 6.72. The molecule has 0 bridgehead atoms. The van der Waals surface area contributed by atoms with E-state index in [-0.39, 0.29) is 5.82 Å². The van der Waals surface area contributed by atoms with Crippen molar-refractivity contribution in [3.05, 3.63) is 37.2 Å². The molecule has 1 aliphatic heterocycles. The van der Waals surface area contributed by atoms with Crippen molar-refractivity contribution in [3.8, 4) is 0 Å². The summed E-state index contributed by atoms with van der Waals surface area (Å²) < 4.78 is 7.45. The molecule has 3 aromatic heterocycles. The number of hydrogen-bond donors (Lipinski definition) is 3. The van der Waals surface area contributed by atoms with Crippen LogP contribution in [-0.2, 0) is 4.74 Å². The van der Waals surface area contributed by atoms with Crippen molar-refractivity contribution in [2.24, 2.45) is 0 Å². The van der Waals surface area contributed by atoms with Gasteiger partial charge in [0.2, 0.25) is 0 Å². The highest BCUT2D eigenvalue weighted by Gasteiger charge is 2.44. The number of nitrogens with zero attached hydrogens (tertiary/aromatic N) is 5. The van der Waals surface area contributed by atoms with E-state index in [1.165, 1.54) is 24.4 Å². The third kappa shape index (κ3) is 2.93. The quantitative estimate of drug-likeness (QED) is 0.559. The minimum atomic E-state index is -1.10. The van der Waals surface area contributed by atoms with Gasteiger partial charge in [-0.25, -0.2) is 15.0 Å². The molecule has 0 aliphatic carbocycles. The van der Waals surface area contributed by atoms with Crippen LogP contribution in [0.1, 0.15) is 6.23 Å². The van der Waals surface area contributed by atoms with E-state index < -0.39 is 24.5 Å². The molecule has 3 aromatic rings. The minimum absolute atomic E-state index is 0.251. The molecule has 130 valence electrons. The Morgan fingerprint density at radius 3 is 2.76 bits per heavy atom. The van der Waals surface area contributed by atoms with Crippen molar-refractivity contribution < 1.29 is 14.9 Å². The molecule has 4 rings (SSSR count). The Kier molecular flexibility index (Phi) is 4.25. The molecule has 0 amide bonds. The number of aromatic nitrogens is 5. The summed E-state index contributed by atoms with van der Waals surface area (Å²) in [5, 5.41) is 20.7. The number of anilines is 1. The van der Waals surface area contributed by atoms with Crippen molar-refractivity contribution in [2.45, 2.75) is 29.4 Å². The molecule has 4 N–H and O–H groups in total. The van der Waals surface area contributed by atoms with Crippen molar-refractivity contribution in [1.29, 1.82) is 0 Å². The Hall–Kier alpha value is -2.27. The van der Waals surface area contributed by atoms with Crippen LogP contribution in [0.2, 0.25) is 0 Å². The molecule has 0 unspecified atom stereocenters. The lowest BCUT2D eigenvalue weighted by molar-refractivity contribution is -0.0289. The largest absolute Gasteiger partial charge is 0.387 e. The van der Waals surface area contributed by atoms with Crippen molar-refractivity contribution in [1.82, 2.24) is 24.5 Å². The molecule has 0 aromatic carbocycles. The van der Waals surface area contributed by atoms with Gasteiger partial charge in [-0.2, -0.15) is 0 Å². The molecule has 0 saturated carbocycles. The molecule has 0 radical (unpaired) electrons. The molecule has 10 heteroatoms. The first-order chi connectivity index (χ1) is 12.1. The van der Waals surface area contributed by atoms with E-state index in [0.29, 0.717) is 16.9 Å². The summed E-state index contributed by atoms with van der Waals surface area (Å²) in [6.07, 6.45) is 2.76. The number of nitrogens with two attached hydrogens (primary N) is 1. The van der Waals surface area contributed by atoms with E-state index in [2.05, 4.69) is 19.9 Å². The lowest BCUT2D eigenvalue weighted by Crippen LogP contribution is -2.32. The van der Waals surface area contributed by atoms with Crippen LogP contribution in [-0.4, -0.2) is 58.8 Å². The molecular weight excluding hydrogens is 344 g/mol. The maximum absolute atomic E-state index is 10.4. The predicted octanol–water partition coefficient (Wildman–Crippen LogP) is 0.215. The number of aliphatic hydroxyl groups excluding tert-OH is 2. The number of rotatable bonds is 4. The lowest BCUT2D eigenvalue weighted by atomic mass is 10.1. The number of hydrogen-bond acceptors (Lipinski definition) is 9. The normalized spacial score (nSPS) is 26.3. The molecule has 0 spiro atoms. The molecule has 1 saturated heterocycles. The Labute approximate surface area is 146 Å². The van der Waals surface area contributed by atoms with E-state index in [1.807, 2.05) is 12.1 Å². The zero-order valence-electron chi connectivity index (χ0n) is 13.0. The number of pyridine rings is 1. The highest BCUT2D eigenvalue weighted by atomic mass is 32.2. The van der Waals surface area contributed by atoms with Crippen LogP contribution in [0.15, 0.2) is 42.1 Å². The maximum Gasteiger partial charge on any atom is 0.167 e. The lowest BCUT2D eigenvalue weighted by Gasteiger charge is -2.16. The molecular formula is C15H16N6O3S. The fourth-order valence-electron chi connectivity index (χ4n) is 2.77. The molecule has 1 fully saturated rings. The number of nitrogen functional groups attached to an aromatic ring is 1. The third-order valence-electron chi connectivity index (χ3n) is 4.06. The van der Waals surface area contributed by atoms with Gasteiger partial charge in [0.05, 0.1) is 12.4 Å². The van der Waals surface area contributed by atoms with Crippen LogP contribution in [0.25, 0.3) is 11.2 Å². The Morgan fingerprint density at radius 2 is 1.96 bits per heavy atom. The van der Waals surface area contributed by atoms with Gasteiger partial charge in [0, 0.05) is 23.0 Å². The smallest absolute Gasteiger partial charge is 0.167 e. The maximum atomic E-state index is 10.4. The van der Waals surface area contributed by atoms with E-state index in [1.54, 1.807) is 17.0 Å². The van der Waals surface area contributed by atoms with Gasteiger partial charge in [-0.15, -0.1) is 11.8 Å². The number of fused-ring (bicyclic) bond motifs is 1. The number of ether oxygens (including phenoxy) is 1. The Bertz CT molecular complexity index is 876. The topological polar surface area (TPSA) is 132 Å². The summed E-state index contributed by atoms with van der Waals surface area (Å²) in [6, 6.07) is 3.76. The van der Waals surface area contributed by atoms with E-state index >= 15 is 0 Å². The number of thioether (sulfide) groups is 1. The average molecular weight is 360 g/mol. The highest BCUT2D eigenvalue weighted by molar-refractivity contribution is 7.99. The summed E-state index contributed by atoms with van der Waals surface area (Å²) in [6.45, 7) is 0. The van der Waals surface area contributed by atoms with E-state index in [9.17, 15) is 10.2 Å². The van der Waals surface area contributed by atoms with Crippen LogP contribution in [0.5, 0.6) is 0 Å². The predicted molar refractivity (Wildman–Crippen MR) is 90.6 cm³/mol. The first kappa shape index (κ1) is 16.2. The van der Waals surface area contributed by atoms with Gasteiger partial charge in [-0.3, -0.25) is 9.55 Å². The summed E-state index contributed by atoms with van der Waals surface area (Å²) in [7, 11) is 0. The Morgan fingerprint density at radius 1 is 1.16 bits per heavy atom. The van der Waals surface area contributed by atoms with Crippen LogP contribution < -0.4 is 5.73 Å². The minimum Gasteiger partial charge on any atom is -0.387 e. The summed E-state index contributed by atoms with van der Waals surface area (Å²) >= 11 is 1.52. The first-order valence-electron chi connectivity index (χ1n) is 7.62. The van der Waals surface area contributed by atoms with Crippen molar-refractivity contribution in [3.63, 3.8) is 0 Å². The van der Waals surface area contributed by atoms with Crippen LogP contribution in [0.4, 0.5) is 5.82 Å². The van der Waals surface area contributed by atoms with E-state index in [0.717, 1.165) is 4.90 Å². The first-order valence-corrected chi connectivity index (χ1v) is 8.61. The van der Waals surface area contributed by atoms with Crippen LogP contribution >= 0.6 is 11.8 Å². The van der Waals surface area contributed by atoms with Crippen LogP contribution in [0.3, 0.4) is 0 Å². The van der Waals surface area contributed by atoms with Gasteiger partial charge in [-0.05, 0) is 12.1 Å². The number of aliphatic hydroxyl groups is 2. The highest BCUT2D eigenvalue weighted by Crippen LogP contribution is 2.34. The fourth-order valence-corrected chi connectivity index (χ4v) is 3.71. The standard InChI is InChI=1S/C15H16N6O3S/c16-13-10-14(19-6-18-13)21(7-20-10)15-12(23)11(22)9(24-15)5-25-8-1-3-17-4-2-8/h1-4,6-7,9,11-12,15,22-23H,5H2,(H2,16,18,19)/t9-,11-,12+,15-/m0/s1. The van der Waals surface area contributed by atoms with Crippen molar-refractivity contribution in [2.75, 3.05) is 11.5 Å². The zero-order chi connectivity index (χ0) is 17.4. The summed E-state index contributed by atoms with van der Waals surface area (Å²) in [4.78, 5) is 17.2. The summed E-state index contributed by atoms with van der Waals surface area (Å²) in [5.41, 5.74) is 6.66. The van der Waals surface area contributed by atoms with Crippen molar-refractivity contribution >= 4 is 28.7 Å². The van der Waals surface area contributed by atoms with Gasteiger partial charge in [0.15, 0.2) is 17.7 Å². The fraction of sp³-hybridized carbons (Fsp3) is 0.333. The molecule has 4 heterocycles. The number of imidazole rings is 1. The molecule has 9 nitrogen and oxygen atoms in total. The Balaban J connectivity index is 1.54. The van der Waals surface area contributed by atoms with Gasteiger partial charge < -0.3 is 20.7 Å². The van der Waals surface area contributed by atoms with Gasteiger partial charge in [0.25, 0.3) is 0 Å². The molecule has 25 heavy (non-hydrogen) atoms. The second kappa shape index (κ2) is 6.56. The average Bonchev–Trinajstić information content (AvgIpc) is 3.18. The SMILES string of the molecule is Nc1ncnc2c1ncn2[C@H]1O[C@@H](CSc2ccncc2)[C@H](O)[C@H]1O. The zero-order valence-corrected chi connectivity index (χ0v) is 13.8. The second-order valence-electron chi connectivity index (χ2n) is 5.62. The van der Waals surface area contributed by atoms with E-state index in [4.69, 9.17) is 10.5 Å². The summed E-state index contributed by atoms with van der Waals surface area (Å²) in [5.74, 6) is 0.740. The van der Waals surface area contributed by atoms with Gasteiger partial charge >= 0.3 is 0 Å². The van der Waals surface area contributed by atoms with Crippen LogP contribution in [0, 0.1) is 0 Å². The van der Waals surface area contributed by atoms with Gasteiger partial charge in [0.1, 0.15) is 24.1 Å². The molecule has 4 atom stereocenters. The monoisotopic (exact) mass is 360 g/mol. The van der Waals surface area contributed by atoms with Gasteiger partial charge in [-0.1, -0.05) is 0 Å². The third-order valence-corrected chi connectivity index (χ3v) is 5.16.